The Labute approximate surface area is 85.8 Å². The molecule has 1 aliphatic rings. The lowest BCUT2D eigenvalue weighted by molar-refractivity contribution is -0.120. The molecule has 4 nitrogen and oxygen atoms in total. The number of likely N-dealkylation sites (tertiary alicyclic amines) is 1. The molecule has 4 heteroatoms. The maximum atomic E-state index is 11.0. The van der Waals surface area contributed by atoms with E-state index in [0.717, 1.165) is 32.5 Å². The maximum absolute atomic E-state index is 11.0. The van der Waals surface area contributed by atoms with Crippen LogP contribution >= 0.6 is 0 Å². The number of rotatable bonds is 4. The summed E-state index contributed by atoms with van der Waals surface area (Å²) in [5.74, 6) is 0.131. The normalized spacial score (nSPS) is 23.4. The molecule has 1 rings (SSSR count). The maximum Gasteiger partial charge on any atom is 0.219 e. The summed E-state index contributed by atoms with van der Waals surface area (Å²) in [6.45, 7) is 3.14. The number of piperidine rings is 1. The van der Waals surface area contributed by atoms with Gasteiger partial charge in [-0.25, -0.2) is 0 Å². The molecule has 1 atom stereocenters. The van der Waals surface area contributed by atoms with Gasteiger partial charge in [-0.3, -0.25) is 4.79 Å². The van der Waals surface area contributed by atoms with Crippen molar-refractivity contribution >= 4 is 5.91 Å². The van der Waals surface area contributed by atoms with Crippen LogP contribution < -0.4 is 11.1 Å². The standard InChI is InChI=1S/C10H21N3O/c1-12-10(14)5-3-7-13-6-2-4-9(11)8-13/h9H,2-8,11H2,1H3,(H,12,14). The zero-order valence-electron chi connectivity index (χ0n) is 8.96. The van der Waals surface area contributed by atoms with Crippen LogP contribution in [-0.2, 0) is 4.79 Å². The van der Waals surface area contributed by atoms with Crippen molar-refractivity contribution in [2.75, 3.05) is 26.7 Å². The molecule has 0 spiro atoms. The first-order valence-corrected chi connectivity index (χ1v) is 5.41. The van der Waals surface area contributed by atoms with Crippen LogP contribution in [0.4, 0.5) is 0 Å². The minimum absolute atomic E-state index is 0.131. The van der Waals surface area contributed by atoms with E-state index in [1.165, 1.54) is 6.42 Å². The summed E-state index contributed by atoms with van der Waals surface area (Å²) in [7, 11) is 1.68. The van der Waals surface area contributed by atoms with Gasteiger partial charge in [0.1, 0.15) is 0 Å². The number of hydrogen-bond acceptors (Lipinski definition) is 3. The molecule has 0 aliphatic carbocycles. The van der Waals surface area contributed by atoms with Crippen LogP contribution in [-0.4, -0.2) is 43.5 Å². The fourth-order valence-corrected chi connectivity index (χ4v) is 1.88. The quantitative estimate of drug-likeness (QED) is 0.666. The monoisotopic (exact) mass is 199 g/mol. The number of carbonyl (C=O) groups excluding carboxylic acids is 1. The van der Waals surface area contributed by atoms with Crippen LogP contribution in [0, 0.1) is 0 Å². The summed E-state index contributed by atoms with van der Waals surface area (Å²) in [5.41, 5.74) is 5.86. The molecule has 1 heterocycles. The van der Waals surface area contributed by atoms with Gasteiger partial charge >= 0.3 is 0 Å². The molecule has 0 bridgehead atoms. The lowest BCUT2D eigenvalue weighted by Crippen LogP contribution is -2.43. The number of carbonyl (C=O) groups is 1. The highest BCUT2D eigenvalue weighted by Gasteiger charge is 2.15. The molecular formula is C10H21N3O. The molecule has 0 radical (unpaired) electrons. The summed E-state index contributed by atoms with van der Waals surface area (Å²) in [6, 6.07) is 0.337. The minimum Gasteiger partial charge on any atom is -0.359 e. The molecule has 82 valence electrons. The second-order valence-corrected chi connectivity index (χ2v) is 3.98. The third-order valence-electron chi connectivity index (χ3n) is 2.70. The number of amides is 1. The Morgan fingerprint density at radius 2 is 2.43 bits per heavy atom. The Balaban J connectivity index is 2.08. The van der Waals surface area contributed by atoms with Crippen LogP contribution in [0.5, 0.6) is 0 Å². The van der Waals surface area contributed by atoms with Crippen LogP contribution in [0.2, 0.25) is 0 Å². The predicted molar refractivity (Wildman–Crippen MR) is 57.0 cm³/mol. The van der Waals surface area contributed by atoms with Gasteiger partial charge in [-0.2, -0.15) is 0 Å². The number of hydrogen-bond donors (Lipinski definition) is 2. The van der Waals surface area contributed by atoms with E-state index >= 15 is 0 Å². The highest BCUT2D eigenvalue weighted by molar-refractivity contribution is 5.75. The van der Waals surface area contributed by atoms with Crippen molar-refractivity contribution in [2.24, 2.45) is 5.73 Å². The lowest BCUT2D eigenvalue weighted by Gasteiger charge is -2.30. The summed E-state index contributed by atoms with van der Waals surface area (Å²) in [5, 5.41) is 2.63. The van der Waals surface area contributed by atoms with E-state index in [9.17, 15) is 4.79 Å². The van der Waals surface area contributed by atoms with Gasteiger partial charge in [0.2, 0.25) is 5.91 Å². The van der Waals surface area contributed by atoms with Crippen molar-refractivity contribution in [1.82, 2.24) is 10.2 Å². The first-order chi connectivity index (χ1) is 6.72. The van der Waals surface area contributed by atoms with Gasteiger partial charge < -0.3 is 16.0 Å². The zero-order chi connectivity index (χ0) is 10.4. The van der Waals surface area contributed by atoms with Gasteiger partial charge in [-0.05, 0) is 32.4 Å². The smallest absolute Gasteiger partial charge is 0.219 e. The molecule has 0 aromatic heterocycles. The van der Waals surface area contributed by atoms with Gasteiger partial charge in [0.05, 0.1) is 0 Å². The summed E-state index contributed by atoms with van der Waals surface area (Å²) < 4.78 is 0. The summed E-state index contributed by atoms with van der Waals surface area (Å²) in [4.78, 5) is 13.3. The van der Waals surface area contributed by atoms with Crippen LogP contribution in [0.15, 0.2) is 0 Å². The molecule has 1 saturated heterocycles. The summed E-state index contributed by atoms with van der Waals surface area (Å²) >= 11 is 0. The molecule has 0 aromatic rings. The van der Waals surface area contributed by atoms with E-state index < -0.39 is 0 Å². The van der Waals surface area contributed by atoms with E-state index in [2.05, 4.69) is 10.2 Å². The van der Waals surface area contributed by atoms with Gasteiger partial charge in [0, 0.05) is 26.1 Å². The zero-order valence-corrected chi connectivity index (χ0v) is 8.96. The van der Waals surface area contributed by atoms with Crippen molar-refractivity contribution in [3.05, 3.63) is 0 Å². The van der Waals surface area contributed by atoms with Crippen molar-refractivity contribution in [1.29, 1.82) is 0 Å². The summed E-state index contributed by atoms with van der Waals surface area (Å²) in [6.07, 6.45) is 3.90. The number of nitrogens with two attached hydrogens (primary N) is 1. The fraction of sp³-hybridized carbons (Fsp3) is 0.900. The molecule has 1 aliphatic heterocycles. The van der Waals surface area contributed by atoms with E-state index in [1.54, 1.807) is 7.05 Å². The van der Waals surface area contributed by atoms with Crippen LogP contribution in [0.1, 0.15) is 25.7 Å². The Kier molecular flexibility index (Phi) is 4.90. The molecule has 0 aromatic carbocycles. The van der Waals surface area contributed by atoms with E-state index in [-0.39, 0.29) is 5.91 Å². The Bertz CT molecular complexity index is 184. The van der Waals surface area contributed by atoms with E-state index in [1.807, 2.05) is 0 Å². The molecule has 14 heavy (non-hydrogen) atoms. The average molecular weight is 199 g/mol. The van der Waals surface area contributed by atoms with Crippen molar-refractivity contribution in [2.45, 2.75) is 31.7 Å². The predicted octanol–water partition coefficient (Wildman–Crippen LogP) is -0.0643. The second kappa shape index (κ2) is 5.98. The lowest BCUT2D eigenvalue weighted by atomic mass is 10.1. The van der Waals surface area contributed by atoms with Crippen LogP contribution in [0.3, 0.4) is 0 Å². The first kappa shape index (κ1) is 11.5. The van der Waals surface area contributed by atoms with Crippen molar-refractivity contribution < 1.29 is 4.79 Å². The Hall–Kier alpha value is -0.610. The van der Waals surface area contributed by atoms with Gasteiger partial charge in [-0.1, -0.05) is 0 Å². The topological polar surface area (TPSA) is 58.4 Å². The SMILES string of the molecule is CNC(=O)CCCN1CCCC(N)C1. The highest BCUT2D eigenvalue weighted by Crippen LogP contribution is 2.08. The Morgan fingerprint density at radius 1 is 1.64 bits per heavy atom. The third kappa shape index (κ3) is 4.07. The Morgan fingerprint density at radius 3 is 3.07 bits per heavy atom. The van der Waals surface area contributed by atoms with E-state index in [0.29, 0.717) is 12.5 Å². The first-order valence-electron chi connectivity index (χ1n) is 5.41. The molecule has 1 amide bonds. The molecular weight excluding hydrogens is 178 g/mol. The van der Waals surface area contributed by atoms with Gasteiger partial charge in [0.25, 0.3) is 0 Å². The van der Waals surface area contributed by atoms with Crippen molar-refractivity contribution in [3.8, 4) is 0 Å². The largest absolute Gasteiger partial charge is 0.359 e. The number of nitrogens with one attached hydrogen (secondary N) is 1. The van der Waals surface area contributed by atoms with Crippen molar-refractivity contribution in [3.63, 3.8) is 0 Å². The minimum atomic E-state index is 0.131. The fourth-order valence-electron chi connectivity index (χ4n) is 1.88. The van der Waals surface area contributed by atoms with Gasteiger partial charge in [-0.15, -0.1) is 0 Å². The van der Waals surface area contributed by atoms with Gasteiger partial charge in [0.15, 0.2) is 0 Å². The molecule has 0 saturated carbocycles. The highest BCUT2D eigenvalue weighted by atomic mass is 16.1. The van der Waals surface area contributed by atoms with E-state index in [4.69, 9.17) is 5.73 Å². The average Bonchev–Trinajstić information content (AvgIpc) is 2.17. The van der Waals surface area contributed by atoms with Crippen LogP contribution in [0.25, 0.3) is 0 Å². The molecule has 1 unspecified atom stereocenters. The molecule has 1 fully saturated rings. The molecule has 3 N–H and O–H groups in total. The third-order valence-corrected chi connectivity index (χ3v) is 2.70. The number of nitrogens with zero attached hydrogens (tertiary/aromatic N) is 1. The second-order valence-electron chi connectivity index (χ2n) is 3.98.